The van der Waals surface area contributed by atoms with E-state index in [-0.39, 0.29) is 11.8 Å². The number of aromatic nitrogens is 1. The number of pyridine rings is 1. The first-order valence-electron chi connectivity index (χ1n) is 10.2. The van der Waals surface area contributed by atoms with Crippen LogP contribution in [0.1, 0.15) is 50.8 Å². The van der Waals surface area contributed by atoms with Crippen LogP contribution in [0.15, 0.2) is 33.9 Å². The van der Waals surface area contributed by atoms with Gasteiger partial charge < -0.3 is 9.32 Å². The summed E-state index contributed by atoms with van der Waals surface area (Å²) in [6.45, 7) is 5.21. The lowest BCUT2D eigenvalue weighted by molar-refractivity contribution is 0.0634. The summed E-state index contributed by atoms with van der Waals surface area (Å²) in [7, 11) is 2.07. The van der Waals surface area contributed by atoms with Crippen molar-refractivity contribution in [2.75, 3.05) is 33.2 Å². The Morgan fingerprint density at radius 3 is 2.67 bits per heavy atom. The number of hydrogen-bond acceptors (Lipinski definition) is 7. The van der Waals surface area contributed by atoms with E-state index in [1.54, 1.807) is 24.4 Å². The average Bonchev–Trinajstić information content (AvgIpc) is 3.11. The van der Waals surface area contributed by atoms with Gasteiger partial charge in [0, 0.05) is 49.9 Å². The van der Waals surface area contributed by atoms with Gasteiger partial charge >= 0.3 is 5.91 Å². The molecule has 0 radical (unpaired) electrons. The van der Waals surface area contributed by atoms with E-state index in [0.717, 1.165) is 61.6 Å². The maximum absolute atomic E-state index is 12.8. The van der Waals surface area contributed by atoms with E-state index in [1.807, 2.05) is 11.9 Å². The quantitative estimate of drug-likeness (QED) is 0.738. The number of aryl methyl sites for hydroxylation is 1. The first kappa shape index (κ1) is 20.2. The van der Waals surface area contributed by atoms with Crippen LogP contribution in [0.5, 0.6) is 0 Å². The fourth-order valence-electron chi connectivity index (χ4n) is 3.78. The fraction of sp³-hybridized carbons (Fsp3) is 0.429. The number of carbonyl (C=O) groups is 2. The van der Waals surface area contributed by atoms with Crippen molar-refractivity contribution in [1.29, 1.82) is 0 Å². The minimum absolute atomic E-state index is 0.247. The molecule has 1 aliphatic carbocycles. The number of fused-ring (bicyclic) bond motifs is 1. The monoisotopic (exact) mass is 410 g/mol. The molecule has 1 fully saturated rings. The molecule has 3 heterocycles. The zero-order valence-corrected chi connectivity index (χ0v) is 17.3. The van der Waals surface area contributed by atoms with Crippen molar-refractivity contribution in [3.05, 3.63) is 52.7 Å². The largest absolute Gasteiger partial charge is 0.455 e. The summed E-state index contributed by atoms with van der Waals surface area (Å²) >= 11 is 0. The Kier molecular flexibility index (Phi) is 5.91. The van der Waals surface area contributed by atoms with Gasteiger partial charge in [0.1, 0.15) is 11.5 Å². The molecule has 2 aliphatic rings. The van der Waals surface area contributed by atoms with Gasteiger partial charge in [0.05, 0.1) is 5.71 Å². The number of nitrogens with one attached hydrogen (secondary N) is 2. The zero-order chi connectivity index (χ0) is 21.1. The van der Waals surface area contributed by atoms with Gasteiger partial charge in [-0.15, -0.1) is 0 Å². The molecule has 0 spiro atoms. The Hall–Kier alpha value is -3.04. The van der Waals surface area contributed by atoms with Crippen LogP contribution in [0.25, 0.3) is 0 Å². The first-order valence-corrected chi connectivity index (χ1v) is 10.2. The van der Waals surface area contributed by atoms with Gasteiger partial charge in [-0.3, -0.25) is 20.0 Å². The standard InChI is InChI=1S/C21H26N6O3/c1-14-18-15(23-24-20(28)16-6-3-4-9-22-16)7-5-8-17(18)30-19(14)21(29)25-27-12-10-26(2)11-13-27/h3-4,6,9H,5,7-8,10-13H2,1-2H3,(H,24,28)(H,25,29)/b23-15+. The molecule has 9 nitrogen and oxygen atoms in total. The zero-order valence-electron chi connectivity index (χ0n) is 17.3. The molecule has 2 amide bonds. The minimum Gasteiger partial charge on any atom is -0.455 e. The Labute approximate surface area is 175 Å². The third-order valence-corrected chi connectivity index (χ3v) is 5.48. The number of rotatable bonds is 4. The molecule has 0 unspecified atom stereocenters. The molecule has 9 heteroatoms. The van der Waals surface area contributed by atoms with Crippen molar-refractivity contribution >= 4 is 17.5 Å². The summed E-state index contributed by atoms with van der Waals surface area (Å²) in [6.07, 6.45) is 3.85. The Morgan fingerprint density at radius 1 is 1.13 bits per heavy atom. The molecule has 158 valence electrons. The van der Waals surface area contributed by atoms with Crippen molar-refractivity contribution in [2.45, 2.75) is 26.2 Å². The molecule has 2 aromatic rings. The molecule has 4 rings (SSSR count). The van der Waals surface area contributed by atoms with Crippen LogP contribution < -0.4 is 10.9 Å². The predicted octanol–water partition coefficient (Wildman–Crippen LogP) is 1.35. The van der Waals surface area contributed by atoms with Crippen LogP contribution in [0.4, 0.5) is 0 Å². The summed E-state index contributed by atoms with van der Waals surface area (Å²) in [6, 6.07) is 5.13. The number of amides is 2. The van der Waals surface area contributed by atoms with Gasteiger partial charge in [-0.25, -0.2) is 10.4 Å². The van der Waals surface area contributed by atoms with Crippen molar-refractivity contribution < 1.29 is 14.0 Å². The SMILES string of the molecule is Cc1c(C(=O)NN2CCN(C)CC2)oc2c1/C(=N/NC(=O)c1ccccn1)CCC2. The van der Waals surface area contributed by atoms with Crippen molar-refractivity contribution in [3.63, 3.8) is 0 Å². The summed E-state index contributed by atoms with van der Waals surface area (Å²) < 4.78 is 5.93. The molecular weight excluding hydrogens is 384 g/mol. The Bertz CT molecular complexity index is 961. The number of hydrogen-bond donors (Lipinski definition) is 2. The fourth-order valence-corrected chi connectivity index (χ4v) is 3.78. The smallest absolute Gasteiger partial charge is 0.301 e. The van der Waals surface area contributed by atoms with Crippen LogP contribution in [0.2, 0.25) is 0 Å². The van der Waals surface area contributed by atoms with E-state index >= 15 is 0 Å². The number of hydrazine groups is 1. The van der Waals surface area contributed by atoms with E-state index in [9.17, 15) is 9.59 Å². The van der Waals surface area contributed by atoms with Crippen LogP contribution in [0, 0.1) is 6.92 Å². The van der Waals surface area contributed by atoms with E-state index in [2.05, 4.69) is 32.9 Å². The Morgan fingerprint density at radius 2 is 1.93 bits per heavy atom. The average molecular weight is 410 g/mol. The highest BCUT2D eigenvalue weighted by Gasteiger charge is 2.29. The van der Waals surface area contributed by atoms with E-state index < -0.39 is 0 Å². The maximum Gasteiger partial charge on any atom is 0.301 e. The molecular formula is C21H26N6O3. The van der Waals surface area contributed by atoms with Crippen LogP contribution in [-0.4, -0.2) is 65.6 Å². The van der Waals surface area contributed by atoms with E-state index in [4.69, 9.17) is 4.42 Å². The highest BCUT2D eigenvalue weighted by atomic mass is 16.4. The topological polar surface area (TPSA) is 103 Å². The van der Waals surface area contributed by atoms with Crippen LogP contribution >= 0.6 is 0 Å². The summed E-state index contributed by atoms with van der Waals surface area (Å²) in [5.41, 5.74) is 8.12. The number of piperazine rings is 1. The molecule has 0 saturated carbocycles. The first-order chi connectivity index (χ1) is 14.5. The van der Waals surface area contributed by atoms with Gasteiger partial charge in [0.2, 0.25) is 0 Å². The third kappa shape index (κ3) is 4.27. The Balaban J connectivity index is 1.50. The molecule has 0 aromatic carbocycles. The van der Waals surface area contributed by atoms with Crippen LogP contribution in [-0.2, 0) is 6.42 Å². The highest BCUT2D eigenvalue weighted by Crippen LogP contribution is 2.30. The third-order valence-electron chi connectivity index (χ3n) is 5.48. The molecule has 0 bridgehead atoms. The molecule has 2 aromatic heterocycles. The van der Waals surface area contributed by atoms with Gasteiger partial charge in [-0.1, -0.05) is 6.07 Å². The summed E-state index contributed by atoms with van der Waals surface area (Å²) in [5, 5.41) is 6.25. The lowest BCUT2D eigenvalue weighted by atomic mass is 9.93. The van der Waals surface area contributed by atoms with Gasteiger partial charge in [-0.2, -0.15) is 5.10 Å². The number of likely N-dealkylation sites (N-methyl/N-ethyl adjacent to an activating group) is 1. The molecule has 30 heavy (non-hydrogen) atoms. The molecule has 2 N–H and O–H groups in total. The second-order valence-electron chi connectivity index (χ2n) is 7.65. The van der Waals surface area contributed by atoms with Crippen LogP contribution in [0.3, 0.4) is 0 Å². The normalized spacial score (nSPS) is 18.8. The van der Waals surface area contributed by atoms with Gasteiger partial charge in [-0.05, 0) is 38.9 Å². The summed E-state index contributed by atoms with van der Waals surface area (Å²) in [5.74, 6) is 0.436. The van der Waals surface area contributed by atoms with Crippen molar-refractivity contribution in [2.24, 2.45) is 5.10 Å². The molecule has 1 aliphatic heterocycles. The van der Waals surface area contributed by atoms with Gasteiger partial charge in [0.15, 0.2) is 5.76 Å². The second kappa shape index (κ2) is 8.76. The number of hydrazone groups is 1. The van der Waals surface area contributed by atoms with E-state index in [1.165, 1.54) is 0 Å². The minimum atomic E-state index is -0.371. The number of furan rings is 1. The summed E-state index contributed by atoms with van der Waals surface area (Å²) in [4.78, 5) is 31.3. The number of nitrogens with zero attached hydrogens (tertiary/aromatic N) is 4. The molecule has 1 saturated heterocycles. The van der Waals surface area contributed by atoms with Crippen molar-refractivity contribution in [3.8, 4) is 0 Å². The lowest BCUT2D eigenvalue weighted by Crippen LogP contribution is -2.52. The van der Waals surface area contributed by atoms with Gasteiger partial charge in [0.25, 0.3) is 5.91 Å². The van der Waals surface area contributed by atoms with Crippen molar-refractivity contribution in [1.82, 2.24) is 25.7 Å². The van der Waals surface area contributed by atoms with E-state index in [0.29, 0.717) is 17.9 Å². The number of carbonyl (C=O) groups excluding carboxylic acids is 2. The predicted molar refractivity (Wildman–Crippen MR) is 111 cm³/mol. The second-order valence-corrected chi connectivity index (χ2v) is 7.65. The lowest BCUT2D eigenvalue weighted by Gasteiger charge is -2.32. The maximum atomic E-state index is 12.8. The highest BCUT2D eigenvalue weighted by molar-refractivity contribution is 6.07. The molecule has 0 atom stereocenters.